The minimum absolute atomic E-state index is 0.0186. The van der Waals surface area contributed by atoms with Crippen molar-refractivity contribution in [2.45, 2.75) is 6.54 Å². The van der Waals surface area contributed by atoms with Gasteiger partial charge < -0.3 is 14.8 Å². The number of imide groups is 1. The van der Waals surface area contributed by atoms with E-state index in [1.54, 1.807) is 36.4 Å². The van der Waals surface area contributed by atoms with Gasteiger partial charge in [0.2, 0.25) is 0 Å². The molecule has 9 heteroatoms. The van der Waals surface area contributed by atoms with Crippen LogP contribution < -0.4 is 10.1 Å². The van der Waals surface area contributed by atoms with Gasteiger partial charge in [-0.2, -0.15) is 0 Å². The van der Waals surface area contributed by atoms with Gasteiger partial charge in [0.1, 0.15) is 5.75 Å². The highest BCUT2D eigenvalue weighted by atomic mass is 35.5. The van der Waals surface area contributed by atoms with Crippen LogP contribution in [-0.2, 0) is 11.3 Å². The Labute approximate surface area is 200 Å². The molecule has 4 rings (SSSR count). The molecule has 0 saturated carbocycles. The van der Waals surface area contributed by atoms with Crippen molar-refractivity contribution in [1.29, 1.82) is 0 Å². The number of nitrogens with zero attached hydrogens (tertiary/aromatic N) is 1. The Balaban J connectivity index is 1.60. The van der Waals surface area contributed by atoms with Crippen LogP contribution in [0.1, 0.15) is 47.0 Å². The first kappa shape index (κ1) is 23.0. The van der Waals surface area contributed by atoms with E-state index in [9.17, 15) is 19.2 Å². The number of nitrogens with one attached hydrogen (secondary N) is 1. The van der Waals surface area contributed by atoms with Gasteiger partial charge in [-0.25, -0.2) is 4.79 Å². The molecule has 0 atom stereocenters. The molecule has 1 heterocycles. The Morgan fingerprint density at radius 1 is 0.941 bits per heavy atom. The van der Waals surface area contributed by atoms with Crippen molar-refractivity contribution in [3.05, 3.63) is 93.5 Å². The lowest BCUT2D eigenvalue weighted by atomic mass is 10.1. The number of fused-ring (bicyclic) bond motifs is 1. The standard InChI is InChI=1S/C25H19ClN2O6/c1-33-21-10-7-14(13-28-23(30)16-5-3-4-6-17(16)24(28)31)11-18(21)22(29)27-20-12-15(25(32)34-2)8-9-19(20)26/h3-12H,13H2,1-2H3,(H,27,29). The third-order valence-corrected chi connectivity index (χ3v) is 5.69. The number of ether oxygens (including phenoxy) is 2. The van der Waals surface area contributed by atoms with E-state index in [0.29, 0.717) is 16.7 Å². The first-order valence-electron chi connectivity index (χ1n) is 10.2. The smallest absolute Gasteiger partial charge is 0.337 e. The number of methoxy groups -OCH3 is 2. The number of anilines is 1. The molecule has 0 aromatic heterocycles. The van der Waals surface area contributed by atoms with E-state index in [-0.39, 0.29) is 34.1 Å². The van der Waals surface area contributed by atoms with E-state index >= 15 is 0 Å². The molecule has 0 spiro atoms. The molecule has 1 aliphatic rings. The highest BCUT2D eigenvalue weighted by Gasteiger charge is 2.35. The molecular formula is C25H19ClN2O6. The lowest BCUT2D eigenvalue weighted by Gasteiger charge is -2.16. The monoisotopic (exact) mass is 478 g/mol. The summed E-state index contributed by atoms with van der Waals surface area (Å²) in [5.41, 5.74) is 1.83. The fourth-order valence-corrected chi connectivity index (χ4v) is 3.82. The molecule has 1 N–H and O–H groups in total. The van der Waals surface area contributed by atoms with Crippen LogP contribution in [0.4, 0.5) is 5.69 Å². The van der Waals surface area contributed by atoms with Gasteiger partial charge >= 0.3 is 5.97 Å². The lowest BCUT2D eigenvalue weighted by molar-refractivity contribution is 0.0597. The summed E-state index contributed by atoms with van der Waals surface area (Å²) in [6.07, 6.45) is 0. The topological polar surface area (TPSA) is 102 Å². The van der Waals surface area contributed by atoms with Crippen molar-refractivity contribution in [3.63, 3.8) is 0 Å². The maximum absolute atomic E-state index is 13.1. The second-order valence-electron chi connectivity index (χ2n) is 7.42. The second-order valence-corrected chi connectivity index (χ2v) is 7.82. The van der Waals surface area contributed by atoms with Gasteiger partial charge in [-0.15, -0.1) is 0 Å². The molecule has 0 fully saturated rings. The van der Waals surface area contributed by atoms with E-state index < -0.39 is 23.7 Å². The van der Waals surface area contributed by atoms with E-state index in [1.165, 1.54) is 38.5 Å². The van der Waals surface area contributed by atoms with Gasteiger partial charge in [-0.05, 0) is 48.0 Å². The summed E-state index contributed by atoms with van der Waals surface area (Å²) < 4.78 is 10.0. The maximum atomic E-state index is 13.1. The van der Waals surface area contributed by atoms with Crippen LogP contribution in [0.3, 0.4) is 0 Å². The van der Waals surface area contributed by atoms with Crippen LogP contribution in [0.2, 0.25) is 5.02 Å². The van der Waals surface area contributed by atoms with Crippen molar-refractivity contribution >= 4 is 41.0 Å². The zero-order valence-corrected chi connectivity index (χ0v) is 19.0. The largest absolute Gasteiger partial charge is 0.496 e. The molecule has 3 amide bonds. The number of carbonyl (C=O) groups is 4. The minimum atomic E-state index is -0.576. The minimum Gasteiger partial charge on any atom is -0.496 e. The zero-order valence-electron chi connectivity index (χ0n) is 18.3. The van der Waals surface area contributed by atoms with E-state index in [1.807, 2.05) is 0 Å². The van der Waals surface area contributed by atoms with Crippen molar-refractivity contribution in [2.75, 3.05) is 19.5 Å². The van der Waals surface area contributed by atoms with Crippen LogP contribution in [0.5, 0.6) is 5.75 Å². The number of carbonyl (C=O) groups excluding carboxylic acids is 4. The fourth-order valence-electron chi connectivity index (χ4n) is 3.65. The summed E-state index contributed by atoms with van der Waals surface area (Å²) in [6, 6.07) is 15.7. The molecule has 3 aromatic carbocycles. The summed E-state index contributed by atoms with van der Waals surface area (Å²) in [5.74, 6) is -1.64. The van der Waals surface area contributed by atoms with Crippen LogP contribution in [0.25, 0.3) is 0 Å². The van der Waals surface area contributed by atoms with Crippen molar-refractivity contribution in [1.82, 2.24) is 4.90 Å². The number of hydrogen-bond donors (Lipinski definition) is 1. The number of benzene rings is 3. The summed E-state index contributed by atoms with van der Waals surface area (Å²) in [5, 5.41) is 2.89. The van der Waals surface area contributed by atoms with Crippen molar-refractivity contribution < 1.29 is 28.7 Å². The summed E-state index contributed by atoms with van der Waals surface area (Å²) in [6.45, 7) is -0.0186. The molecule has 172 valence electrons. The Morgan fingerprint density at radius 3 is 2.24 bits per heavy atom. The SMILES string of the molecule is COC(=O)c1ccc(Cl)c(NC(=O)c2cc(CN3C(=O)c4ccccc4C3=O)ccc2OC)c1. The molecule has 8 nitrogen and oxygen atoms in total. The summed E-state index contributed by atoms with van der Waals surface area (Å²) in [7, 11) is 2.67. The van der Waals surface area contributed by atoms with Crippen LogP contribution in [0.15, 0.2) is 60.7 Å². The molecule has 3 aromatic rings. The Bertz CT molecular complexity index is 1300. The van der Waals surface area contributed by atoms with Gasteiger partial charge in [0.25, 0.3) is 17.7 Å². The van der Waals surface area contributed by atoms with E-state index in [0.717, 1.165) is 4.90 Å². The number of amides is 3. The summed E-state index contributed by atoms with van der Waals surface area (Å²) >= 11 is 6.19. The van der Waals surface area contributed by atoms with Crippen molar-refractivity contribution in [2.24, 2.45) is 0 Å². The first-order chi connectivity index (χ1) is 16.3. The Morgan fingerprint density at radius 2 is 1.62 bits per heavy atom. The number of halogens is 1. The van der Waals surface area contributed by atoms with E-state index in [4.69, 9.17) is 21.1 Å². The molecule has 0 radical (unpaired) electrons. The maximum Gasteiger partial charge on any atom is 0.337 e. The van der Waals surface area contributed by atoms with Gasteiger partial charge in [0.15, 0.2) is 0 Å². The predicted octanol–water partition coefficient (Wildman–Crippen LogP) is 4.18. The first-order valence-corrected chi connectivity index (χ1v) is 10.5. The molecule has 1 aliphatic heterocycles. The Kier molecular flexibility index (Phi) is 6.34. The fraction of sp³-hybridized carbons (Fsp3) is 0.120. The van der Waals surface area contributed by atoms with Crippen LogP contribution in [-0.4, -0.2) is 42.8 Å². The average molecular weight is 479 g/mol. The number of rotatable bonds is 6. The number of hydrogen-bond acceptors (Lipinski definition) is 6. The molecule has 0 bridgehead atoms. The van der Waals surface area contributed by atoms with Gasteiger partial charge in [0.05, 0.1) is 53.7 Å². The molecular weight excluding hydrogens is 460 g/mol. The number of esters is 1. The normalized spacial score (nSPS) is 12.4. The lowest BCUT2D eigenvalue weighted by Crippen LogP contribution is -2.29. The van der Waals surface area contributed by atoms with Crippen LogP contribution >= 0.6 is 11.6 Å². The third-order valence-electron chi connectivity index (χ3n) is 5.36. The molecule has 0 saturated heterocycles. The van der Waals surface area contributed by atoms with Crippen LogP contribution in [0, 0.1) is 0 Å². The molecule has 34 heavy (non-hydrogen) atoms. The van der Waals surface area contributed by atoms with Crippen molar-refractivity contribution in [3.8, 4) is 5.75 Å². The predicted molar refractivity (Wildman–Crippen MR) is 124 cm³/mol. The highest BCUT2D eigenvalue weighted by molar-refractivity contribution is 6.34. The van der Waals surface area contributed by atoms with Gasteiger partial charge in [-0.1, -0.05) is 29.8 Å². The van der Waals surface area contributed by atoms with Gasteiger partial charge in [-0.3, -0.25) is 19.3 Å². The highest BCUT2D eigenvalue weighted by Crippen LogP contribution is 2.28. The molecule has 0 aliphatic carbocycles. The zero-order chi connectivity index (χ0) is 24.4. The second kappa shape index (κ2) is 9.36. The van der Waals surface area contributed by atoms with Gasteiger partial charge in [0, 0.05) is 0 Å². The quantitative estimate of drug-likeness (QED) is 0.421. The Hall–Kier alpha value is -4.17. The average Bonchev–Trinajstić information content (AvgIpc) is 3.09. The summed E-state index contributed by atoms with van der Waals surface area (Å²) in [4.78, 5) is 51.4. The molecule has 0 unspecified atom stereocenters. The third kappa shape index (κ3) is 4.23. The van der Waals surface area contributed by atoms with E-state index in [2.05, 4.69) is 5.32 Å².